The summed E-state index contributed by atoms with van der Waals surface area (Å²) in [6.45, 7) is 4.45. The first-order valence-corrected chi connectivity index (χ1v) is 7.78. The Morgan fingerprint density at radius 2 is 2.19 bits per heavy atom. The van der Waals surface area contributed by atoms with Gasteiger partial charge >= 0.3 is 0 Å². The van der Waals surface area contributed by atoms with Gasteiger partial charge in [-0.2, -0.15) is 0 Å². The molecule has 1 aromatic rings. The Labute approximate surface area is 136 Å². The number of unbranched alkanes of at least 4 members (excludes halogenated alkanes) is 2. The number of hydrogen-bond donors (Lipinski definition) is 2. The highest BCUT2D eigenvalue weighted by atomic mass is 35.5. The lowest BCUT2D eigenvalue weighted by Gasteiger charge is -2.17. The molecule has 0 aliphatic carbocycles. The van der Waals surface area contributed by atoms with Crippen molar-refractivity contribution in [3.05, 3.63) is 28.8 Å². The second-order valence-corrected chi connectivity index (χ2v) is 5.64. The van der Waals surface area contributed by atoms with Crippen molar-refractivity contribution in [2.75, 3.05) is 6.54 Å². The van der Waals surface area contributed by atoms with Gasteiger partial charge in [0.25, 0.3) is 5.91 Å². The van der Waals surface area contributed by atoms with E-state index in [1.807, 2.05) is 0 Å². The standard InChI is InChI=1S/C15H21ClN2O2S/c1-3-4-5-8-18-15(19)10(2)20-13-9-11(16)6-7-12(13)14(17)21/h6-7,9-10H,3-5,8H2,1-2H3,(H2,17,21)(H,18,19). The van der Waals surface area contributed by atoms with Crippen molar-refractivity contribution in [1.29, 1.82) is 0 Å². The van der Waals surface area contributed by atoms with Gasteiger partial charge in [-0.1, -0.05) is 43.6 Å². The molecule has 0 bridgehead atoms. The van der Waals surface area contributed by atoms with E-state index in [9.17, 15) is 4.79 Å². The van der Waals surface area contributed by atoms with Crippen LogP contribution >= 0.6 is 23.8 Å². The third-order valence-electron chi connectivity index (χ3n) is 2.96. The molecule has 6 heteroatoms. The molecule has 0 aromatic heterocycles. The van der Waals surface area contributed by atoms with Gasteiger partial charge in [-0.3, -0.25) is 4.79 Å². The quantitative estimate of drug-likeness (QED) is 0.568. The Kier molecular flexibility index (Phi) is 7.47. The Morgan fingerprint density at radius 1 is 1.48 bits per heavy atom. The zero-order chi connectivity index (χ0) is 15.8. The molecule has 0 radical (unpaired) electrons. The number of rotatable bonds is 8. The third-order valence-corrected chi connectivity index (χ3v) is 3.42. The number of benzene rings is 1. The van der Waals surface area contributed by atoms with Gasteiger partial charge in [0, 0.05) is 11.6 Å². The molecule has 0 heterocycles. The van der Waals surface area contributed by atoms with Crippen LogP contribution in [0, 0.1) is 0 Å². The van der Waals surface area contributed by atoms with Gasteiger partial charge in [0.05, 0.1) is 5.56 Å². The minimum absolute atomic E-state index is 0.167. The molecule has 1 amide bonds. The maximum atomic E-state index is 11.9. The number of carbonyl (C=O) groups is 1. The van der Waals surface area contributed by atoms with Crippen molar-refractivity contribution in [3.63, 3.8) is 0 Å². The van der Waals surface area contributed by atoms with Gasteiger partial charge in [0.2, 0.25) is 0 Å². The molecule has 21 heavy (non-hydrogen) atoms. The van der Waals surface area contributed by atoms with Gasteiger partial charge in [0.1, 0.15) is 10.7 Å². The summed E-state index contributed by atoms with van der Waals surface area (Å²) in [5, 5.41) is 3.34. The van der Waals surface area contributed by atoms with E-state index in [1.54, 1.807) is 25.1 Å². The lowest BCUT2D eigenvalue weighted by molar-refractivity contribution is -0.127. The fourth-order valence-electron chi connectivity index (χ4n) is 1.77. The first-order chi connectivity index (χ1) is 9.95. The monoisotopic (exact) mass is 328 g/mol. The lowest BCUT2D eigenvalue weighted by Crippen LogP contribution is -2.37. The maximum Gasteiger partial charge on any atom is 0.260 e. The summed E-state index contributed by atoms with van der Waals surface area (Å²) in [7, 11) is 0. The van der Waals surface area contributed by atoms with Crippen molar-refractivity contribution < 1.29 is 9.53 Å². The number of thiocarbonyl (C=S) groups is 1. The van der Waals surface area contributed by atoms with Crippen molar-refractivity contribution >= 4 is 34.7 Å². The molecule has 116 valence electrons. The van der Waals surface area contributed by atoms with Crippen LogP contribution in [0.2, 0.25) is 5.02 Å². The Hall–Kier alpha value is -1.33. The topological polar surface area (TPSA) is 64.3 Å². The van der Waals surface area contributed by atoms with Crippen LogP contribution in [0.25, 0.3) is 0 Å². The van der Waals surface area contributed by atoms with Crippen LogP contribution in [0.15, 0.2) is 18.2 Å². The van der Waals surface area contributed by atoms with Crippen molar-refractivity contribution in [1.82, 2.24) is 5.32 Å². The van der Waals surface area contributed by atoms with Gasteiger partial charge < -0.3 is 15.8 Å². The zero-order valence-electron chi connectivity index (χ0n) is 12.3. The first-order valence-electron chi connectivity index (χ1n) is 6.99. The molecule has 1 aromatic carbocycles. The second-order valence-electron chi connectivity index (χ2n) is 4.76. The Morgan fingerprint density at radius 3 is 2.81 bits per heavy atom. The summed E-state index contributed by atoms with van der Waals surface area (Å²) in [5.74, 6) is 0.256. The van der Waals surface area contributed by atoms with Crippen LogP contribution in [0.4, 0.5) is 0 Å². The normalized spacial score (nSPS) is 11.8. The lowest BCUT2D eigenvalue weighted by atomic mass is 10.2. The van der Waals surface area contributed by atoms with Crippen molar-refractivity contribution in [3.8, 4) is 5.75 Å². The van der Waals surface area contributed by atoms with E-state index in [4.69, 9.17) is 34.3 Å². The van der Waals surface area contributed by atoms with Crippen LogP contribution in [-0.2, 0) is 4.79 Å². The molecule has 0 aliphatic heterocycles. The van der Waals surface area contributed by atoms with E-state index in [1.165, 1.54) is 0 Å². The summed E-state index contributed by atoms with van der Waals surface area (Å²) < 4.78 is 5.64. The molecule has 1 rings (SSSR count). The van der Waals surface area contributed by atoms with Crippen LogP contribution in [0.1, 0.15) is 38.7 Å². The number of ether oxygens (including phenoxy) is 1. The largest absolute Gasteiger partial charge is 0.480 e. The first kappa shape index (κ1) is 17.7. The number of carbonyl (C=O) groups excluding carboxylic acids is 1. The molecule has 3 N–H and O–H groups in total. The third kappa shape index (κ3) is 5.89. The molecule has 0 aliphatic rings. The molecular formula is C15H21ClN2O2S. The number of amides is 1. The molecule has 0 spiro atoms. The average molecular weight is 329 g/mol. The van der Waals surface area contributed by atoms with Crippen LogP contribution in [-0.4, -0.2) is 23.5 Å². The van der Waals surface area contributed by atoms with E-state index < -0.39 is 6.10 Å². The predicted molar refractivity (Wildman–Crippen MR) is 90.0 cm³/mol. The molecule has 0 saturated heterocycles. The van der Waals surface area contributed by atoms with E-state index in [-0.39, 0.29) is 10.9 Å². The summed E-state index contributed by atoms with van der Waals surface area (Å²) in [4.78, 5) is 12.1. The number of halogens is 1. The summed E-state index contributed by atoms with van der Waals surface area (Å²) in [6.07, 6.45) is 2.53. The van der Waals surface area contributed by atoms with Crippen LogP contribution in [0.5, 0.6) is 5.75 Å². The van der Waals surface area contributed by atoms with Gasteiger partial charge in [-0.05, 0) is 31.5 Å². The zero-order valence-corrected chi connectivity index (χ0v) is 13.9. The molecule has 0 fully saturated rings. The highest BCUT2D eigenvalue weighted by Gasteiger charge is 2.17. The second kappa shape index (κ2) is 8.85. The highest BCUT2D eigenvalue weighted by Crippen LogP contribution is 2.24. The van der Waals surface area contributed by atoms with Crippen molar-refractivity contribution in [2.24, 2.45) is 5.73 Å². The minimum atomic E-state index is -0.641. The summed E-state index contributed by atoms with van der Waals surface area (Å²) in [6, 6.07) is 4.97. The predicted octanol–water partition coefficient (Wildman–Crippen LogP) is 3.05. The average Bonchev–Trinajstić information content (AvgIpc) is 2.43. The fraction of sp³-hybridized carbons (Fsp3) is 0.467. The molecule has 4 nitrogen and oxygen atoms in total. The van der Waals surface area contributed by atoms with E-state index >= 15 is 0 Å². The summed E-state index contributed by atoms with van der Waals surface area (Å²) >= 11 is 10.9. The molecule has 1 unspecified atom stereocenters. The molecule has 1 atom stereocenters. The smallest absolute Gasteiger partial charge is 0.260 e. The van der Waals surface area contributed by atoms with Crippen LogP contribution < -0.4 is 15.8 Å². The SMILES string of the molecule is CCCCCNC(=O)C(C)Oc1cc(Cl)ccc1C(N)=S. The number of nitrogens with one attached hydrogen (secondary N) is 1. The van der Waals surface area contributed by atoms with Gasteiger partial charge in [-0.15, -0.1) is 0 Å². The molecular weight excluding hydrogens is 308 g/mol. The number of hydrogen-bond acceptors (Lipinski definition) is 3. The maximum absolute atomic E-state index is 11.9. The van der Waals surface area contributed by atoms with E-state index in [0.717, 1.165) is 19.3 Å². The number of nitrogens with two attached hydrogens (primary N) is 1. The molecule has 0 saturated carbocycles. The summed E-state index contributed by atoms with van der Waals surface area (Å²) in [5.41, 5.74) is 6.21. The Bertz CT molecular complexity index is 508. The van der Waals surface area contributed by atoms with E-state index in [0.29, 0.717) is 22.9 Å². The minimum Gasteiger partial charge on any atom is -0.480 e. The van der Waals surface area contributed by atoms with Crippen molar-refractivity contribution in [2.45, 2.75) is 39.2 Å². The fourth-order valence-corrected chi connectivity index (χ4v) is 2.10. The van der Waals surface area contributed by atoms with Gasteiger partial charge in [-0.25, -0.2) is 0 Å². The highest BCUT2D eigenvalue weighted by molar-refractivity contribution is 7.80. The van der Waals surface area contributed by atoms with E-state index in [2.05, 4.69) is 12.2 Å². The van der Waals surface area contributed by atoms with Gasteiger partial charge in [0.15, 0.2) is 6.10 Å². The van der Waals surface area contributed by atoms with Crippen LogP contribution in [0.3, 0.4) is 0 Å². The Balaban J connectivity index is 2.65.